The molecular weight excluding hydrogens is 1600 g/mol. The third kappa shape index (κ3) is 22.3. The number of imidazole rings is 2. The summed E-state index contributed by atoms with van der Waals surface area (Å²) in [4.78, 5) is 8.32. The number of alkyl halides is 9. The third-order valence-corrected chi connectivity index (χ3v) is 24.2. The van der Waals surface area contributed by atoms with Gasteiger partial charge < -0.3 is 37.1 Å². The van der Waals surface area contributed by atoms with Crippen LogP contribution in [0.5, 0.6) is 0 Å². The van der Waals surface area contributed by atoms with Crippen LogP contribution in [0, 0.1) is 0 Å². The van der Waals surface area contributed by atoms with Crippen molar-refractivity contribution in [2.45, 2.75) is 169 Å². The van der Waals surface area contributed by atoms with Gasteiger partial charge in [0.25, 0.3) is 0 Å². The average molecular weight is 1690 g/mol. The van der Waals surface area contributed by atoms with E-state index >= 15 is 0 Å². The molecule has 107 heavy (non-hydrogen) atoms. The summed E-state index contributed by atoms with van der Waals surface area (Å²) in [6, 6.07) is 28.6. The van der Waals surface area contributed by atoms with Crippen molar-refractivity contribution in [1.29, 1.82) is 0 Å². The van der Waals surface area contributed by atoms with E-state index < -0.39 is 97.6 Å². The van der Waals surface area contributed by atoms with Crippen molar-refractivity contribution >= 4 is 88.5 Å². The maximum atomic E-state index is 13.1. The Labute approximate surface area is 637 Å². The van der Waals surface area contributed by atoms with E-state index in [1.807, 2.05) is 101 Å². The first-order valence-electron chi connectivity index (χ1n) is 33.1. The molecule has 6 aromatic carbocycles. The minimum atomic E-state index is -4.45. The van der Waals surface area contributed by atoms with Crippen LogP contribution in [0.4, 0.5) is 39.5 Å². The van der Waals surface area contributed by atoms with Gasteiger partial charge in [-0.1, -0.05) is 88.7 Å². The van der Waals surface area contributed by atoms with Gasteiger partial charge in [-0.2, -0.15) is 39.5 Å². The lowest BCUT2D eigenvalue weighted by atomic mass is 9.49. The van der Waals surface area contributed by atoms with Crippen molar-refractivity contribution in [1.82, 2.24) is 33.3 Å². The predicted octanol–water partition coefficient (Wildman–Crippen LogP) is 14.5. The number of nitrogens with zero attached hydrogens (tertiary/aromatic N) is 4. The molecule has 0 radical (unpaired) electrons. The quantitative estimate of drug-likeness (QED) is 0.0641. The Kier molecular flexibility index (Phi) is 27.4. The third-order valence-electron chi connectivity index (χ3n) is 18.8. The molecule has 8 aromatic rings. The van der Waals surface area contributed by atoms with Gasteiger partial charge in [0.1, 0.15) is 4.60 Å². The fourth-order valence-electron chi connectivity index (χ4n) is 10.6. The molecule has 3 aliphatic rings. The van der Waals surface area contributed by atoms with Crippen molar-refractivity contribution in [2.24, 2.45) is 14.1 Å². The Morgan fingerprint density at radius 3 is 1.07 bits per heavy atom. The maximum absolute atomic E-state index is 13.1. The molecule has 11 rings (SSSR count). The highest BCUT2D eigenvalue weighted by Gasteiger charge is 2.64. The molecule has 3 aliphatic heterocycles. The average Bonchev–Trinajstić information content (AvgIpc) is 1.53. The lowest BCUT2D eigenvalue weighted by molar-refractivity contribution is -0.138. The second kappa shape index (κ2) is 33.4. The van der Waals surface area contributed by atoms with Crippen LogP contribution >= 0.6 is 31.9 Å². The highest BCUT2D eigenvalue weighted by molar-refractivity contribution is 9.10. The molecule has 5 heterocycles. The van der Waals surface area contributed by atoms with Crippen molar-refractivity contribution in [2.75, 3.05) is 21.1 Å². The topological polar surface area (TPSA) is 230 Å². The number of sulfonamides is 3. The molecule has 2 aromatic heterocycles. The van der Waals surface area contributed by atoms with Gasteiger partial charge in [-0.05, 0) is 233 Å². The first kappa shape index (κ1) is 88.0. The van der Waals surface area contributed by atoms with E-state index in [4.69, 9.17) is 27.9 Å². The lowest BCUT2D eigenvalue weighted by Crippen LogP contribution is -2.41. The second-order valence-corrected chi connectivity index (χ2v) is 35.6. The summed E-state index contributed by atoms with van der Waals surface area (Å²) in [7, 11) is -5.16. The molecule has 3 saturated heterocycles. The molecule has 3 fully saturated rings. The lowest BCUT2D eigenvalue weighted by Gasteiger charge is -2.32. The molecule has 19 nitrogen and oxygen atoms in total. The zero-order valence-electron chi connectivity index (χ0n) is 61.9. The fraction of sp³-hybridized carbons (Fsp3) is 0.408. The van der Waals surface area contributed by atoms with Crippen LogP contribution in [-0.2, 0) is 110 Å². The SMILES string of the molecule is CC1(C)OB(B2OC(C)(C)C(C)(C)O2)OC1(C)C.CNS(=O)(=O)c1ccc(Cc2cccc(C(F)(F)F)c2)c(-c2cn(C)cn2)c1.CNS(=O)(=O)c1ccc(Cc2cccc(C(F)(F)F)c2)c(B2OC(C)(C)C(C)(C)O2)c1.CNS(=O)(=O)c1ccc(Cc2cccc(C(F)(F)F)c2)c(Br)c1.Cn1cnc(Br)c1. The van der Waals surface area contributed by atoms with Crippen molar-refractivity contribution in [3.8, 4) is 11.3 Å². The summed E-state index contributed by atoms with van der Waals surface area (Å²) < 4.78 is 237. The van der Waals surface area contributed by atoms with Crippen LogP contribution in [0.2, 0.25) is 0 Å². The summed E-state index contributed by atoms with van der Waals surface area (Å²) in [5.41, 5.74) is 0.00482. The molecule has 0 aliphatic carbocycles. The van der Waals surface area contributed by atoms with Crippen LogP contribution in [0.25, 0.3) is 11.3 Å². The first-order valence-corrected chi connectivity index (χ1v) is 39.1. The summed E-state index contributed by atoms with van der Waals surface area (Å²) in [5, 5.41) is 0. The van der Waals surface area contributed by atoms with E-state index in [1.165, 1.54) is 75.7 Å². The van der Waals surface area contributed by atoms with Gasteiger partial charge in [0, 0.05) is 36.5 Å². The highest BCUT2D eigenvalue weighted by atomic mass is 79.9. The summed E-state index contributed by atoms with van der Waals surface area (Å²) >= 11 is 6.47. The van der Waals surface area contributed by atoms with E-state index in [2.05, 4.69) is 56.0 Å². The van der Waals surface area contributed by atoms with Gasteiger partial charge in [0.15, 0.2) is 0 Å². The maximum Gasteiger partial charge on any atom is 0.495 e. The Bertz CT molecular complexity index is 4720. The number of rotatable bonds is 15. The minimum absolute atomic E-state index is 0.0208. The van der Waals surface area contributed by atoms with Crippen LogP contribution in [-0.4, -0.2) is 120 Å². The Morgan fingerprint density at radius 1 is 0.421 bits per heavy atom. The minimum Gasteiger partial charge on any atom is -0.405 e. The summed E-state index contributed by atoms with van der Waals surface area (Å²) in [5.74, 6) is 0. The van der Waals surface area contributed by atoms with Gasteiger partial charge in [-0.3, -0.25) is 0 Å². The second-order valence-electron chi connectivity index (χ2n) is 28.3. The van der Waals surface area contributed by atoms with E-state index in [0.717, 1.165) is 41.0 Å². The van der Waals surface area contributed by atoms with Gasteiger partial charge in [0.2, 0.25) is 30.1 Å². The van der Waals surface area contributed by atoms with E-state index in [1.54, 1.807) is 66.9 Å². The van der Waals surface area contributed by atoms with Crippen molar-refractivity contribution in [3.63, 3.8) is 0 Å². The molecule has 0 amide bonds. The molecule has 0 atom stereocenters. The molecule has 36 heteroatoms. The number of halogens is 11. The Hall–Kier alpha value is -6.25. The van der Waals surface area contributed by atoms with Crippen molar-refractivity contribution in [3.05, 3.63) is 212 Å². The highest BCUT2D eigenvalue weighted by Crippen LogP contribution is 2.44. The molecular formula is C71H85B3Br2F9N7O12S3. The molecule has 0 bridgehead atoms. The zero-order valence-corrected chi connectivity index (χ0v) is 67.5. The van der Waals surface area contributed by atoms with E-state index in [9.17, 15) is 64.8 Å². The molecule has 0 unspecified atom stereocenters. The van der Waals surface area contributed by atoms with E-state index in [-0.39, 0.29) is 56.4 Å². The van der Waals surface area contributed by atoms with Crippen LogP contribution in [0.3, 0.4) is 0 Å². The van der Waals surface area contributed by atoms with Gasteiger partial charge in [-0.15, -0.1) is 0 Å². The normalized spacial score (nSPS) is 17.2. The van der Waals surface area contributed by atoms with Crippen molar-refractivity contribution < 1.29 is 92.7 Å². The number of aromatic nitrogens is 4. The van der Waals surface area contributed by atoms with Crippen LogP contribution < -0.4 is 19.6 Å². The number of benzene rings is 6. The molecule has 3 N–H and O–H groups in total. The number of nitrogens with one attached hydrogen (secondary N) is 3. The Balaban J connectivity index is 0.000000195. The van der Waals surface area contributed by atoms with Crippen LogP contribution in [0.15, 0.2) is 176 Å². The van der Waals surface area contributed by atoms with Crippen LogP contribution in [0.1, 0.15) is 133 Å². The molecule has 0 spiro atoms. The van der Waals surface area contributed by atoms with Gasteiger partial charge in [0.05, 0.1) is 83.3 Å². The molecule has 0 saturated carbocycles. The number of hydrogen-bond acceptors (Lipinski definition) is 14. The zero-order chi connectivity index (χ0) is 80.3. The Morgan fingerprint density at radius 2 is 0.748 bits per heavy atom. The summed E-state index contributed by atoms with van der Waals surface area (Å²) in [6.07, 6.45) is -5.73. The smallest absolute Gasteiger partial charge is 0.405 e. The number of aryl methyl sites for hydroxylation is 2. The summed E-state index contributed by atoms with van der Waals surface area (Å²) in [6.45, 7) is 23.7. The van der Waals surface area contributed by atoms with E-state index in [0.29, 0.717) is 54.6 Å². The standard InChI is InChI=1S/C21H25BF3NO4S.C19H18F3N3O2S.C15H13BrF3NO2S.C12H24B2O4.C4H5BrN2/c1-19(2)20(3,4)30-22(29-19)18-13-17(31(27,28)26-5)10-9-15(18)11-14-7-6-8-16(12-14)21(23,24)25;1-23-28(26,27)16-7-6-14(17(10-16)18-11-25(2)12-24-18)8-13-4-3-5-15(9-13)19(20,21)22;1-20-23(21,22)13-6-5-11(14(16)9-13)7-10-3-2-4-12(8-10)15(17,18)19;1-9(2)10(3,4)16-13(15-9)14-17-11(5,6)12(7,8)18-14;1-7-2-4(5)6-3-7/h6-10,12-13,26H,11H2,1-5H3;3-7,9-12,23H,8H2,1-2H3;2-6,8-9,20H,7H2,1H3;1-8H3;2-3H,1H3. The molecule has 580 valence electrons. The first-order chi connectivity index (χ1) is 49.1. The monoisotopic (exact) mass is 1690 g/mol. The largest absolute Gasteiger partial charge is 0.495 e. The van der Waals surface area contributed by atoms with Gasteiger partial charge >= 0.3 is 39.7 Å². The fourth-order valence-corrected chi connectivity index (χ4v) is 13.9. The number of hydrogen-bond donors (Lipinski definition) is 3. The van der Waals surface area contributed by atoms with Gasteiger partial charge in [-0.25, -0.2) is 49.4 Å². The predicted molar refractivity (Wildman–Crippen MR) is 400 cm³/mol.